The van der Waals surface area contributed by atoms with Crippen molar-refractivity contribution in [1.82, 2.24) is 19.4 Å². The van der Waals surface area contributed by atoms with Crippen LogP contribution in [0.25, 0.3) is 5.52 Å². The molecule has 0 unspecified atom stereocenters. The van der Waals surface area contributed by atoms with Crippen LogP contribution in [0, 0.1) is 0 Å². The van der Waals surface area contributed by atoms with Crippen LogP contribution in [0.15, 0.2) is 24.5 Å². The Kier molecular flexibility index (Phi) is 6.21. The molecule has 0 aromatic carbocycles. The fraction of sp³-hybridized carbons (Fsp3) is 0.625. The van der Waals surface area contributed by atoms with Gasteiger partial charge in [-0.15, -0.1) is 0 Å². The minimum Gasteiger partial charge on any atom is -0.444 e. The van der Waals surface area contributed by atoms with Gasteiger partial charge in [0, 0.05) is 32.4 Å². The first kappa shape index (κ1) is 21.7. The van der Waals surface area contributed by atoms with Crippen LogP contribution in [0.3, 0.4) is 0 Å². The normalized spacial score (nSPS) is 18.8. The van der Waals surface area contributed by atoms with Crippen LogP contribution in [0.5, 0.6) is 0 Å². The summed E-state index contributed by atoms with van der Waals surface area (Å²) < 4.78 is 7.30. The first-order valence-corrected chi connectivity index (χ1v) is 11.6. The molecule has 2 fully saturated rings. The number of hydrogen-bond donors (Lipinski definition) is 0. The third-order valence-electron chi connectivity index (χ3n) is 6.29. The monoisotopic (exact) mass is 426 g/mol. The number of likely N-dealkylation sites (tertiary alicyclic amines) is 2. The second-order valence-electron chi connectivity index (χ2n) is 9.80. The number of carbonyl (C=O) groups excluding carboxylic acids is 2. The van der Waals surface area contributed by atoms with Crippen molar-refractivity contribution >= 4 is 17.5 Å². The summed E-state index contributed by atoms with van der Waals surface area (Å²) in [5.74, 6) is 0.452. The van der Waals surface area contributed by atoms with Crippen LogP contribution in [0.2, 0.25) is 0 Å². The van der Waals surface area contributed by atoms with E-state index in [0.29, 0.717) is 24.6 Å². The molecule has 2 aliphatic rings. The molecule has 2 saturated heterocycles. The van der Waals surface area contributed by atoms with Gasteiger partial charge in [-0.05, 0) is 70.1 Å². The predicted molar refractivity (Wildman–Crippen MR) is 119 cm³/mol. The summed E-state index contributed by atoms with van der Waals surface area (Å²) in [6, 6.07) is 4.21. The van der Waals surface area contributed by atoms with E-state index < -0.39 is 5.60 Å². The Labute approximate surface area is 184 Å². The second kappa shape index (κ2) is 8.89. The molecule has 7 heteroatoms. The third-order valence-corrected chi connectivity index (χ3v) is 6.29. The van der Waals surface area contributed by atoms with E-state index in [9.17, 15) is 9.59 Å². The summed E-state index contributed by atoms with van der Waals surface area (Å²) in [5.41, 5.74) is 2.30. The van der Waals surface area contributed by atoms with Gasteiger partial charge in [0.2, 0.25) is 0 Å². The standard InChI is InChI=1S/C24H34N4O3/c1-24(2,3)31-23(30)27-13-8-18(9-14-27)19-10-15-28-21(16-19)20(17-25-28)22(29)26-11-6-4-5-7-12-26/h10,15-18H,4-9,11-14H2,1-3H3. The molecule has 4 heterocycles. The van der Waals surface area contributed by atoms with E-state index in [1.807, 2.05) is 31.9 Å². The number of piperidine rings is 1. The molecule has 0 radical (unpaired) electrons. The van der Waals surface area contributed by atoms with E-state index in [-0.39, 0.29) is 12.0 Å². The lowest BCUT2D eigenvalue weighted by Crippen LogP contribution is -2.41. The van der Waals surface area contributed by atoms with Crippen LogP contribution in [-0.4, -0.2) is 63.2 Å². The minimum atomic E-state index is -0.475. The molecular formula is C24H34N4O3. The Morgan fingerprint density at radius 2 is 1.68 bits per heavy atom. The number of ether oxygens (including phenoxy) is 1. The van der Waals surface area contributed by atoms with Gasteiger partial charge in [-0.3, -0.25) is 4.79 Å². The number of amides is 2. The van der Waals surface area contributed by atoms with Gasteiger partial charge < -0.3 is 14.5 Å². The summed E-state index contributed by atoms with van der Waals surface area (Å²) in [7, 11) is 0. The maximum absolute atomic E-state index is 13.2. The molecule has 168 valence electrons. The summed E-state index contributed by atoms with van der Waals surface area (Å²) in [6.45, 7) is 8.71. The summed E-state index contributed by atoms with van der Waals surface area (Å²) in [6.07, 6.45) is 9.75. The first-order chi connectivity index (χ1) is 14.8. The molecule has 0 bridgehead atoms. The molecule has 0 N–H and O–H groups in total. The van der Waals surface area contributed by atoms with E-state index in [0.717, 1.165) is 44.3 Å². The lowest BCUT2D eigenvalue weighted by atomic mass is 9.90. The highest BCUT2D eigenvalue weighted by molar-refractivity contribution is 6.00. The molecule has 2 aromatic heterocycles. The molecular weight excluding hydrogens is 392 g/mol. The fourth-order valence-corrected chi connectivity index (χ4v) is 4.58. The van der Waals surface area contributed by atoms with Crippen molar-refractivity contribution in [2.75, 3.05) is 26.2 Å². The van der Waals surface area contributed by atoms with Gasteiger partial charge in [0.25, 0.3) is 5.91 Å². The molecule has 7 nitrogen and oxygen atoms in total. The largest absolute Gasteiger partial charge is 0.444 e. The third kappa shape index (κ3) is 5.02. The zero-order valence-electron chi connectivity index (χ0n) is 19.0. The molecule has 4 rings (SSSR count). The van der Waals surface area contributed by atoms with Gasteiger partial charge in [-0.1, -0.05) is 12.8 Å². The number of carbonyl (C=O) groups is 2. The summed E-state index contributed by atoms with van der Waals surface area (Å²) >= 11 is 0. The smallest absolute Gasteiger partial charge is 0.410 e. The van der Waals surface area contributed by atoms with E-state index in [2.05, 4.69) is 17.2 Å². The molecule has 2 amide bonds. The molecule has 0 atom stereocenters. The number of hydrogen-bond acceptors (Lipinski definition) is 4. The molecule has 0 aliphatic carbocycles. The predicted octanol–water partition coefficient (Wildman–Crippen LogP) is 4.47. The van der Waals surface area contributed by atoms with Crippen LogP contribution in [0.1, 0.15) is 81.1 Å². The lowest BCUT2D eigenvalue weighted by molar-refractivity contribution is 0.0204. The quantitative estimate of drug-likeness (QED) is 0.711. The number of nitrogens with zero attached hydrogens (tertiary/aromatic N) is 4. The van der Waals surface area contributed by atoms with Crippen molar-refractivity contribution in [2.45, 2.75) is 70.8 Å². The van der Waals surface area contributed by atoms with Crippen LogP contribution >= 0.6 is 0 Å². The highest BCUT2D eigenvalue weighted by Gasteiger charge is 2.28. The maximum atomic E-state index is 13.2. The second-order valence-corrected chi connectivity index (χ2v) is 9.80. The van der Waals surface area contributed by atoms with Gasteiger partial charge in [0.15, 0.2) is 0 Å². The van der Waals surface area contributed by atoms with Gasteiger partial charge in [0.05, 0.1) is 17.3 Å². The van der Waals surface area contributed by atoms with Crippen LogP contribution < -0.4 is 0 Å². The van der Waals surface area contributed by atoms with Gasteiger partial charge in [-0.25, -0.2) is 9.31 Å². The average molecular weight is 427 g/mol. The Morgan fingerprint density at radius 1 is 1.00 bits per heavy atom. The SMILES string of the molecule is CC(C)(C)OC(=O)N1CCC(c2ccn3ncc(C(=O)N4CCCCCC4)c3c2)CC1. The van der Waals surface area contributed by atoms with Crippen molar-refractivity contribution in [1.29, 1.82) is 0 Å². The van der Waals surface area contributed by atoms with Gasteiger partial charge >= 0.3 is 6.09 Å². The van der Waals surface area contributed by atoms with Gasteiger partial charge in [0.1, 0.15) is 5.60 Å². The highest BCUT2D eigenvalue weighted by atomic mass is 16.6. The van der Waals surface area contributed by atoms with E-state index in [1.165, 1.54) is 18.4 Å². The van der Waals surface area contributed by atoms with Crippen LogP contribution in [-0.2, 0) is 4.74 Å². The number of pyridine rings is 1. The maximum Gasteiger partial charge on any atom is 0.410 e. The Hall–Kier alpha value is -2.57. The van der Waals surface area contributed by atoms with Crippen LogP contribution in [0.4, 0.5) is 4.79 Å². The molecule has 0 spiro atoms. The summed E-state index contributed by atoms with van der Waals surface area (Å²) in [4.78, 5) is 29.3. The first-order valence-electron chi connectivity index (χ1n) is 11.6. The zero-order chi connectivity index (χ0) is 22.0. The molecule has 31 heavy (non-hydrogen) atoms. The van der Waals surface area contributed by atoms with Gasteiger partial charge in [-0.2, -0.15) is 5.10 Å². The number of aromatic nitrogens is 2. The Morgan fingerprint density at radius 3 is 2.32 bits per heavy atom. The number of fused-ring (bicyclic) bond motifs is 1. The zero-order valence-corrected chi connectivity index (χ0v) is 19.0. The highest BCUT2D eigenvalue weighted by Crippen LogP contribution is 2.30. The van der Waals surface area contributed by atoms with Crippen molar-refractivity contribution in [3.05, 3.63) is 35.7 Å². The van der Waals surface area contributed by atoms with Crippen molar-refractivity contribution < 1.29 is 14.3 Å². The lowest BCUT2D eigenvalue weighted by Gasteiger charge is -2.33. The van der Waals surface area contributed by atoms with Crippen molar-refractivity contribution in [3.63, 3.8) is 0 Å². The van der Waals surface area contributed by atoms with E-state index in [4.69, 9.17) is 4.74 Å². The summed E-state index contributed by atoms with van der Waals surface area (Å²) in [5, 5.41) is 4.41. The minimum absolute atomic E-state index is 0.0915. The number of rotatable bonds is 2. The van der Waals surface area contributed by atoms with Crippen molar-refractivity contribution in [3.8, 4) is 0 Å². The molecule has 2 aromatic rings. The Bertz CT molecular complexity index is 930. The van der Waals surface area contributed by atoms with E-state index >= 15 is 0 Å². The van der Waals surface area contributed by atoms with E-state index in [1.54, 1.807) is 15.6 Å². The molecule has 0 saturated carbocycles. The Balaban J connectivity index is 1.47. The van der Waals surface area contributed by atoms with Crippen molar-refractivity contribution in [2.24, 2.45) is 0 Å². The molecule has 2 aliphatic heterocycles. The topological polar surface area (TPSA) is 67.2 Å². The fourth-order valence-electron chi connectivity index (χ4n) is 4.58. The average Bonchev–Trinajstić information content (AvgIpc) is 2.96.